The molecule has 1 heterocycles. The van der Waals surface area contributed by atoms with Crippen molar-refractivity contribution in [2.24, 2.45) is 16.7 Å². The van der Waals surface area contributed by atoms with Crippen molar-refractivity contribution in [3.05, 3.63) is 17.9 Å². The Morgan fingerprint density at radius 1 is 1.27 bits per heavy atom. The third kappa shape index (κ3) is 1.25. The second-order valence-electron chi connectivity index (χ2n) is 5.48. The van der Waals surface area contributed by atoms with E-state index >= 15 is 0 Å². The molecule has 0 aromatic carbocycles. The van der Waals surface area contributed by atoms with E-state index in [-0.39, 0.29) is 0 Å². The van der Waals surface area contributed by atoms with E-state index in [0.29, 0.717) is 10.8 Å². The van der Waals surface area contributed by atoms with Crippen LogP contribution in [0.5, 0.6) is 0 Å². The monoisotopic (exact) mass is 238 g/mol. The first kappa shape index (κ1) is 10.4. The lowest BCUT2D eigenvalue weighted by Crippen LogP contribution is -2.59. The fraction of sp³-hybridized carbons (Fsp3) is 0.769. The molecule has 3 aliphatic carbocycles. The predicted molar refractivity (Wildman–Crippen MR) is 70.3 cm³/mol. The standard InChI is InChI=1S/C13H18S2/c1-12(2)10-5-3-6-13(12,9-10)11-14-7-4-8-15-11/h5-6,10-11H,4,7-9H2,1-2H3. The Morgan fingerprint density at radius 2 is 2.00 bits per heavy atom. The zero-order valence-corrected chi connectivity index (χ0v) is 11.1. The SMILES string of the molecule is CC1(C)C2C=C=CC1(C1SCCCS1)C2. The normalized spacial score (nSPS) is 42.7. The molecule has 4 rings (SSSR count). The van der Waals surface area contributed by atoms with Gasteiger partial charge in [0.05, 0.1) is 4.58 Å². The van der Waals surface area contributed by atoms with Crippen LogP contribution in [0.1, 0.15) is 26.7 Å². The largest absolute Gasteiger partial charge is 0.147 e. The van der Waals surface area contributed by atoms with Gasteiger partial charge in [-0.25, -0.2) is 0 Å². The van der Waals surface area contributed by atoms with Crippen molar-refractivity contribution in [2.45, 2.75) is 31.3 Å². The molecule has 2 bridgehead atoms. The Balaban J connectivity index is 1.92. The van der Waals surface area contributed by atoms with Gasteiger partial charge in [-0.3, -0.25) is 0 Å². The van der Waals surface area contributed by atoms with Crippen LogP contribution in [0.4, 0.5) is 0 Å². The number of rotatable bonds is 1. The van der Waals surface area contributed by atoms with Gasteiger partial charge in [-0.1, -0.05) is 13.8 Å². The fourth-order valence-corrected chi connectivity index (χ4v) is 6.90. The smallest absolute Gasteiger partial charge is 0.0604 e. The minimum Gasteiger partial charge on any atom is -0.147 e. The van der Waals surface area contributed by atoms with Gasteiger partial charge in [0.2, 0.25) is 0 Å². The Hall–Kier alpha value is 0.220. The highest BCUT2D eigenvalue weighted by Gasteiger charge is 2.62. The minimum absolute atomic E-state index is 0.447. The van der Waals surface area contributed by atoms with Crippen molar-refractivity contribution in [3.8, 4) is 0 Å². The third-order valence-corrected chi connectivity index (χ3v) is 7.88. The van der Waals surface area contributed by atoms with Gasteiger partial charge in [0, 0.05) is 5.41 Å². The van der Waals surface area contributed by atoms with Crippen molar-refractivity contribution in [3.63, 3.8) is 0 Å². The predicted octanol–water partition coefficient (Wildman–Crippen LogP) is 3.94. The molecule has 1 aliphatic heterocycles. The van der Waals surface area contributed by atoms with Gasteiger partial charge in [-0.15, -0.1) is 29.3 Å². The molecule has 2 atom stereocenters. The third-order valence-electron chi connectivity index (χ3n) is 4.57. The molecule has 1 saturated carbocycles. The average Bonchev–Trinajstić information content (AvgIpc) is 2.30. The molecule has 0 nitrogen and oxygen atoms in total. The van der Waals surface area contributed by atoms with Crippen LogP contribution in [-0.4, -0.2) is 16.1 Å². The number of allylic oxidation sites excluding steroid dienone is 1. The average molecular weight is 238 g/mol. The van der Waals surface area contributed by atoms with Gasteiger partial charge in [-0.2, -0.15) is 0 Å². The summed E-state index contributed by atoms with van der Waals surface area (Å²) in [7, 11) is 0. The zero-order chi connectivity index (χ0) is 10.5. The fourth-order valence-electron chi connectivity index (χ4n) is 3.17. The van der Waals surface area contributed by atoms with Gasteiger partial charge in [0.15, 0.2) is 0 Å². The van der Waals surface area contributed by atoms with E-state index in [1.807, 2.05) is 0 Å². The lowest BCUT2D eigenvalue weighted by molar-refractivity contribution is -0.0491. The van der Waals surface area contributed by atoms with E-state index < -0.39 is 0 Å². The van der Waals surface area contributed by atoms with E-state index in [4.69, 9.17) is 0 Å². The summed E-state index contributed by atoms with van der Waals surface area (Å²) < 4.78 is 0.790. The van der Waals surface area contributed by atoms with Crippen LogP contribution in [0.25, 0.3) is 0 Å². The van der Waals surface area contributed by atoms with Crippen LogP contribution in [0.3, 0.4) is 0 Å². The van der Waals surface area contributed by atoms with E-state index in [9.17, 15) is 0 Å². The first-order valence-corrected chi connectivity index (χ1v) is 7.93. The second-order valence-corrected chi connectivity index (χ2v) is 8.20. The van der Waals surface area contributed by atoms with E-state index in [2.05, 4.69) is 55.3 Å². The molecule has 4 aliphatic rings. The topological polar surface area (TPSA) is 0 Å². The molecule has 0 radical (unpaired) electrons. The maximum absolute atomic E-state index is 3.40. The highest BCUT2D eigenvalue weighted by Crippen LogP contribution is 2.69. The summed E-state index contributed by atoms with van der Waals surface area (Å²) in [6.07, 6.45) is 7.45. The van der Waals surface area contributed by atoms with Crippen LogP contribution in [0, 0.1) is 16.7 Å². The quantitative estimate of drug-likeness (QED) is 0.635. The molecule has 0 aromatic rings. The van der Waals surface area contributed by atoms with Crippen molar-refractivity contribution < 1.29 is 0 Å². The van der Waals surface area contributed by atoms with Crippen LogP contribution in [0.2, 0.25) is 0 Å². The molecule has 1 saturated heterocycles. The Labute approximate surface area is 101 Å². The van der Waals surface area contributed by atoms with Gasteiger partial charge in [-0.05, 0) is 47.8 Å². The number of hydrogen-bond acceptors (Lipinski definition) is 2. The van der Waals surface area contributed by atoms with Crippen molar-refractivity contribution in [2.75, 3.05) is 11.5 Å². The molecule has 15 heavy (non-hydrogen) atoms. The summed E-state index contributed by atoms with van der Waals surface area (Å²) in [4.78, 5) is 0. The van der Waals surface area contributed by atoms with Crippen molar-refractivity contribution >= 4 is 23.5 Å². The lowest BCUT2D eigenvalue weighted by Gasteiger charge is -2.64. The van der Waals surface area contributed by atoms with E-state index in [0.717, 1.165) is 10.5 Å². The Bertz CT molecular complexity index is 332. The Morgan fingerprint density at radius 3 is 2.60 bits per heavy atom. The molecular formula is C13H18S2. The maximum atomic E-state index is 3.40. The van der Waals surface area contributed by atoms with Crippen molar-refractivity contribution in [1.82, 2.24) is 0 Å². The molecule has 0 amide bonds. The second kappa shape index (κ2) is 3.35. The lowest BCUT2D eigenvalue weighted by atomic mass is 9.44. The highest BCUT2D eigenvalue weighted by molar-refractivity contribution is 8.17. The molecule has 2 heteroatoms. The molecule has 0 N–H and O–H groups in total. The van der Waals surface area contributed by atoms with Crippen LogP contribution in [0.15, 0.2) is 17.9 Å². The molecule has 2 unspecified atom stereocenters. The first-order valence-electron chi connectivity index (χ1n) is 5.84. The van der Waals surface area contributed by atoms with Crippen LogP contribution in [-0.2, 0) is 0 Å². The van der Waals surface area contributed by atoms with Crippen molar-refractivity contribution in [1.29, 1.82) is 0 Å². The number of hydrogen-bond donors (Lipinski definition) is 0. The zero-order valence-electron chi connectivity index (χ0n) is 9.45. The summed E-state index contributed by atoms with van der Waals surface area (Å²) in [6, 6.07) is 0. The van der Waals surface area contributed by atoms with E-state index in [1.54, 1.807) is 0 Å². The minimum atomic E-state index is 0.447. The molecule has 82 valence electrons. The van der Waals surface area contributed by atoms with Crippen LogP contribution < -0.4 is 0 Å². The first-order chi connectivity index (χ1) is 7.17. The van der Waals surface area contributed by atoms with Crippen LogP contribution >= 0.6 is 23.5 Å². The molecular weight excluding hydrogens is 220 g/mol. The Kier molecular flexibility index (Phi) is 2.32. The van der Waals surface area contributed by atoms with Gasteiger partial charge >= 0.3 is 0 Å². The number of thioether (sulfide) groups is 2. The summed E-state index contributed by atoms with van der Waals surface area (Å²) in [5.74, 6) is 3.50. The molecule has 0 aromatic heterocycles. The van der Waals surface area contributed by atoms with Gasteiger partial charge in [0.25, 0.3) is 0 Å². The molecule has 0 spiro atoms. The van der Waals surface area contributed by atoms with E-state index in [1.165, 1.54) is 24.3 Å². The summed E-state index contributed by atoms with van der Waals surface area (Å²) in [6.45, 7) is 4.90. The van der Waals surface area contributed by atoms with Gasteiger partial charge in [0.1, 0.15) is 0 Å². The summed E-state index contributed by atoms with van der Waals surface area (Å²) in [5.41, 5.74) is 4.32. The van der Waals surface area contributed by atoms with Gasteiger partial charge < -0.3 is 0 Å². The highest BCUT2D eigenvalue weighted by atomic mass is 32.2. The molecule has 2 fully saturated rings. The summed E-state index contributed by atoms with van der Waals surface area (Å²) in [5, 5.41) is 0. The maximum Gasteiger partial charge on any atom is 0.0604 e. The summed E-state index contributed by atoms with van der Waals surface area (Å²) >= 11 is 4.37.